The maximum Gasteiger partial charge on any atom is 0.120 e. The van der Waals surface area contributed by atoms with E-state index >= 15 is 0 Å². The van der Waals surface area contributed by atoms with Crippen LogP contribution in [0.2, 0.25) is 0 Å². The van der Waals surface area contributed by atoms with E-state index in [1.807, 2.05) is 47.6 Å². The van der Waals surface area contributed by atoms with Crippen LogP contribution in [0.4, 0.5) is 0 Å². The van der Waals surface area contributed by atoms with Gasteiger partial charge in [0.05, 0.1) is 6.10 Å². The van der Waals surface area contributed by atoms with Crippen LogP contribution < -0.4 is 0 Å². The lowest BCUT2D eigenvalue weighted by Crippen LogP contribution is -2.49. The second-order valence-corrected chi connectivity index (χ2v) is 8.98. The SMILES string of the molecule is CC.CC.CC.CC12C=CC(O)CC1=CCC1C2CCC2(C)C(CC=O)CCC12. The molecule has 0 radical (unpaired) electrons. The van der Waals surface area contributed by atoms with E-state index in [-0.39, 0.29) is 11.5 Å². The zero-order valence-electron chi connectivity index (χ0n) is 20.5. The van der Waals surface area contributed by atoms with Crippen LogP contribution in [0.15, 0.2) is 23.8 Å². The summed E-state index contributed by atoms with van der Waals surface area (Å²) in [6.07, 6.45) is 15.5. The number of carbonyl (C=O) groups is 1. The first-order chi connectivity index (χ1) is 14.0. The van der Waals surface area contributed by atoms with Gasteiger partial charge in [-0.1, -0.05) is 79.2 Å². The highest BCUT2D eigenvalue weighted by molar-refractivity contribution is 5.50. The minimum absolute atomic E-state index is 0.159. The summed E-state index contributed by atoms with van der Waals surface area (Å²) in [4.78, 5) is 11.1. The third kappa shape index (κ3) is 4.73. The first kappa shape index (κ1) is 26.1. The minimum atomic E-state index is -0.289. The van der Waals surface area contributed by atoms with E-state index < -0.39 is 0 Å². The van der Waals surface area contributed by atoms with E-state index in [0.717, 1.165) is 36.9 Å². The lowest BCUT2D eigenvalue weighted by atomic mass is 9.48. The molecule has 2 nitrogen and oxygen atoms in total. The van der Waals surface area contributed by atoms with Crippen molar-refractivity contribution in [3.8, 4) is 0 Å². The Morgan fingerprint density at radius 2 is 1.69 bits per heavy atom. The van der Waals surface area contributed by atoms with Crippen molar-refractivity contribution in [2.24, 2.45) is 34.5 Å². The number of hydrogen-bond donors (Lipinski definition) is 1. The molecule has 0 bridgehead atoms. The van der Waals surface area contributed by atoms with E-state index in [4.69, 9.17) is 0 Å². The molecule has 0 aliphatic heterocycles. The number of rotatable bonds is 2. The van der Waals surface area contributed by atoms with E-state index in [1.165, 1.54) is 37.7 Å². The lowest BCUT2D eigenvalue weighted by Gasteiger charge is -2.56. The van der Waals surface area contributed by atoms with Gasteiger partial charge < -0.3 is 9.90 Å². The number of aliphatic hydroxyl groups excluding tert-OH is 1. The Hall–Kier alpha value is -0.890. The van der Waals surface area contributed by atoms with Crippen molar-refractivity contribution in [2.45, 2.75) is 106 Å². The molecule has 7 unspecified atom stereocenters. The van der Waals surface area contributed by atoms with Crippen molar-refractivity contribution in [3.05, 3.63) is 23.8 Å². The van der Waals surface area contributed by atoms with Crippen molar-refractivity contribution >= 4 is 6.29 Å². The molecule has 0 amide bonds. The molecular weight excluding hydrogens is 356 g/mol. The van der Waals surface area contributed by atoms with Gasteiger partial charge in [0.25, 0.3) is 0 Å². The molecule has 168 valence electrons. The Morgan fingerprint density at radius 3 is 2.31 bits per heavy atom. The number of carbonyl (C=O) groups excluding carboxylic acids is 1. The molecular formula is C27H48O2. The Balaban J connectivity index is 0.000000644. The fraction of sp³-hybridized carbons (Fsp3) is 0.815. The molecule has 0 heterocycles. The van der Waals surface area contributed by atoms with Crippen molar-refractivity contribution in [3.63, 3.8) is 0 Å². The van der Waals surface area contributed by atoms with Gasteiger partial charge in [-0.3, -0.25) is 0 Å². The first-order valence-corrected chi connectivity index (χ1v) is 12.5. The van der Waals surface area contributed by atoms with E-state index in [2.05, 4.69) is 26.0 Å². The van der Waals surface area contributed by atoms with E-state index in [0.29, 0.717) is 11.3 Å². The molecule has 7 atom stereocenters. The van der Waals surface area contributed by atoms with Crippen LogP contribution in [-0.2, 0) is 4.79 Å². The van der Waals surface area contributed by atoms with Gasteiger partial charge in [-0.05, 0) is 67.6 Å². The zero-order valence-corrected chi connectivity index (χ0v) is 20.5. The van der Waals surface area contributed by atoms with Crippen LogP contribution in [0.25, 0.3) is 0 Å². The monoisotopic (exact) mass is 404 g/mol. The average molecular weight is 405 g/mol. The van der Waals surface area contributed by atoms with E-state index in [9.17, 15) is 9.90 Å². The number of aliphatic hydroxyl groups is 1. The molecule has 0 spiro atoms. The predicted octanol–water partition coefficient (Wildman–Crippen LogP) is 7.37. The number of allylic oxidation sites excluding steroid dienone is 2. The molecule has 2 saturated carbocycles. The molecule has 2 fully saturated rings. The third-order valence-electron chi connectivity index (χ3n) is 8.21. The Morgan fingerprint density at radius 1 is 1.03 bits per heavy atom. The normalized spacial score (nSPS) is 41.4. The maximum atomic E-state index is 11.1. The fourth-order valence-electron chi connectivity index (χ4n) is 6.85. The van der Waals surface area contributed by atoms with Crippen molar-refractivity contribution in [1.29, 1.82) is 0 Å². The van der Waals surface area contributed by atoms with E-state index in [1.54, 1.807) is 0 Å². The van der Waals surface area contributed by atoms with Crippen LogP contribution in [-0.4, -0.2) is 17.5 Å². The molecule has 4 rings (SSSR count). The quantitative estimate of drug-likeness (QED) is 0.385. The summed E-state index contributed by atoms with van der Waals surface area (Å²) in [6.45, 7) is 16.9. The van der Waals surface area contributed by atoms with Crippen molar-refractivity contribution in [2.75, 3.05) is 0 Å². The number of hydrogen-bond acceptors (Lipinski definition) is 2. The highest BCUT2D eigenvalue weighted by Crippen LogP contribution is 2.65. The molecule has 4 aliphatic rings. The standard InChI is InChI=1S/C21H30O2.3C2H6/c1-20-11-8-19-17(18(20)6-4-14(20)9-12-22)5-3-15-13-16(23)7-10-21(15,19)2;3*1-2/h3,7,10,12,14,16-19,23H,4-6,8-9,11,13H2,1-2H3;3*1-2H3. The number of aldehydes is 1. The lowest BCUT2D eigenvalue weighted by molar-refractivity contribution is -0.110. The van der Waals surface area contributed by atoms with Crippen LogP contribution >= 0.6 is 0 Å². The second kappa shape index (κ2) is 11.5. The predicted molar refractivity (Wildman–Crippen MR) is 126 cm³/mol. The highest BCUT2D eigenvalue weighted by atomic mass is 16.3. The van der Waals surface area contributed by atoms with Crippen LogP contribution in [0, 0.1) is 34.5 Å². The molecule has 4 aliphatic carbocycles. The largest absolute Gasteiger partial charge is 0.389 e. The Kier molecular flexibility index (Phi) is 10.4. The fourth-order valence-corrected chi connectivity index (χ4v) is 6.85. The third-order valence-corrected chi connectivity index (χ3v) is 8.21. The van der Waals surface area contributed by atoms with Crippen molar-refractivity contribution in [1.82, 2.24) is 0 Å². The first-order valence-electron chi connectivity index (χ1n) is 12.5. The van der Waals surface area contributed by atoms with Gasteiger partial charge >= 0.3 is 0 Å². The van der Waals surface area contributed by atoms with Gasteiger partial charge in [-0.25, -0.2) is 0 Å². The molecule has 0 aromatic heterocycles. The summed E-state index contributed by atoms with van der Waals surface area (Å²) < 4.78 is 0. The van der Waals surface area contributed by atoms with Crippen LogP contribution in [0.3, 0.4) is 0 Å². The summed E-state index contributed by atoms with van der Waals surface area (Å²) in [5.74, 6) is 2.87. The maximum absolute atomic E-state index is 11.1. The van der Waals surface area contributed by atoms with Gasteiger partial charge in [-0.15, -0.1) is 0 Å². The molecule has 2 heteroatoms. The molecule has 29 heavy (non-hydrogen) atoms. The molecule has 1 N–H and O–H groups in total. The van der Waals surface area contributed by atoms with Crippen LogP contribution in [0.5, 0.6) is 0 Å². The second-order valence-electron chi connectivity index (χ2n) is 8.98. The Labute approximate surface area is 181 Å². The minimum Gasteiger partial charge on any atom is -0.389 e. The van der Waals surface area contributed by atoms with Gasteiger partial charge in [-0.2, -0.15) is 0 Å². The summed E-state index contributed by atoms with van der Waals surface area (Å²) in [5.41, 5.74) is 2.01. The molecule has 0 aromatic rings. The topological polar surface area (TPSA) is 37.3 Å². The summed E-state index contributed by atoms with van der Waals surface area (Å²) in [5, 5.41) is 9.98. The summed E-state index contributed by atoms with van der Waals surface area (Å²) >= 11 is 0. The van der Waals surface area contributed by atoms with Gasteiger partial charge in [0.1, 0.15) is 6.29 Å². The van der Waals surface area contributed by atoms with Gasteiger partial charge in [0, 0.05) is 11.8 Å². The van der Waals surface area contributed by atoms with Gasteiger partial charge in [0.15, 0.2) is 0 Å². The number of fused-ring (bicyclic) bond motifs is 5. The van der Waals surface area contributed by atoms with Gasteiger partial charge in [0.2, 0.25) is 0 Å². The van der Waals surface area contributed by atoms with Crippen LogP contribution in [0.1, 0.15) is 100 Å². The molecule has 0 saturated heterocycles. The average Bonchev–Trinajstić information content (AvgIpc) is 3.10. The smallest absolute Gasteiger partial charge is 0.120 e. The summed E-state index contributed by atoms with van der Waals surface area (Å²) in [7, 11) is 0. The van der Waals surface area contributed by atoms with Crippen molar-refractivity contribution < 1.29 is 9.90 Å². The summed E-state index contributed by atoms with van der Waals surface area (Å²) in [6, 6.07) is 0. The highest BCUT2D eigenvalue weighted by Gasteiger charge is 2.57. The zero-order chi connectivity index (χ0) is 22.2. The Bertz CT molecular complexity index is 563. The molecule has 0 aromatic carbocycles.